The van der Waals surface area contributed by atoms with E-state index in [2.05, 4.69) is 25.9 Å². The highest BCUT2D eigenvalue weighted by atomic mass is 79.9. The number of benzene rings is 1. The molecule has 0 aliphatic rings. The van der Waals surface area contributed by atoms with E-state index in [4.69, 9.17) is 5.73 Å². The second kappa shape index (κ2) is 3.75. The van der Waals surface area contributed by atoms with E-state index in [9.17, 15) is 0 Å². The summed E-state index contributed by atoms with van der Waals surface area (Å²) in [6.07, 6.45) is 3.22. The lowest BCUT2D eigenvalue weighted by Gasteiger charge is -2.02. The average Bonchev–Trinajstić information content (AvgIpc) is 2.18. The van der Waals surface area contributed by atoms with Crippen LogP contribution in [0.15, 0.2) is 41.1 Å². The fraction of sp³-hybridized carbons (Fsp3) is 0. The molecule has 1 aromatic carbocycles. The van der Waals surface area contributed by atoms with Crippen molar-refractivity contribution in [3.05, 3.63) is 41.1 Å². The SMILES string of the molecule is Nc1cncc(-c2ccccc2Br)n1. The maximum Gasteiger partial charge on any atom is 0.142 e. The zero-order chi connectivity index (χ0) is 9.97. The molecule has 0 radical (unpaired) electrons. The minimum Gasteiger partial charge on any atom is -0.382 e. The van der Waals surface area contributed by atoms with E-state index in [0.717, 1.165) is 15.7 Å². The summed E-state index contributed by atoms with van der Waals surface area (Å²) in [5, 5.41) is 0. The summed E-state index contributed by atoms with van der Waals surface area (Å²) in [6.45, 7) is 0. The Kier molecular flexibility index (Phi) is 2.45. The summed E-state index contributed by atoms with van der Waals surface area (Å²) < 4.78 is 0.986. The zero-order valence-electron chi connectivity index (χ0n) is 7.31. The molecule has 2 rings (SSSR count). The number of rotatable bonds is 1. The summed E-state index contributed by atoms with van der Waals surface area (Å²) in [7, 11) is 0. The number of anilines is 1. The first-order chi connectivity index (χ1) is 6.77. The lowest BCUT2D eigenvalue weighted by Crippen LogP contribution is -1.93. The lowest BCUT2D eigenvalue weighted by atomic mass is 10.2. The fourth-order valence-electron chi connectivity index (χ4n) is 1.18. The molecule has 14 heavy (non-hydrogen) atoms. The average molecular weight is 250 g/mol. The standard InChI is InChI=1S/C10H8BrN3/c11-8-4-2-1-3-7(8)9-5-13-6-10(12)14-9/h1-6H,(H2,12,14). The van der Waals surface area contributed by atoms with Crippen LogP contribution in [0.5, 0.6) is 0 Å². The van der Waals surface area contributed by atoms with Crippen molar-refractivity contribution in [3.8, 4) is 11.3 Å². The van der Waals surface area contributed by atoms with Crippen LogP contribution in [0.2, 0.25) is 0 Å². The molecule has 0 atom stereocenters. The third-order valence-electron chi connectivity index (χ3n) is 1.80. The van der Waals surface area contributed by atoms with Gasteiger partial charge in [-0.25, -0.2) is 4.98 Å². The van der Waals surface area contributed by atoms with Crippen molar-refractivity contribution in [1.29, 1.82) is 0 Å². The van der Waals surface area contributed by atoms with Crippen LogP contribution in [0.4, 0.5) is 5.82 Å². The summed E-state index contributed by atoms with van der Waals surface area (Å²) >= 11 is 3.45. The zero-order valence-corrected chi connectivity index (χ0v) is 8.90. The van der Waals surface area contributed by atoms with Gasteiger partial charge in [0.15, 0.2) is 0 Å². The highest BCUT2D eigenvalue weighted by Crippen LogP contribution is 2.25. The Hall–Kier alpha value is -1.42. The number of hydrogen-bond acceptors (Lipinski definition) is 3. The topological polar surface area (TPSA) is 51.8 Å². The molecule has 0 unspecified atom stereocenters. The van der Waals surface area contributed by atoms with E-state index in [-0.39, 0.29) is 0 Å². The fourth-order valence-corrected chi connectivity index (χ4v) is 1.67. The van der Waals surface area contributed by atoms with Gasteiger partial charge in [-0.05, 0) is 6.07 Å². The number of hydrogen-bond donors (Lipinski definition) is 1. The highest BCUT2D eigenvalue weighted by Gasteiger charge is 2.03. The second-order valence-electron chi connectivity index (χ2n) is 2.81. The van der Waals surface area contributed by atoms with Gasteiger partial charge in [0.2, 0.25) is 0 Å². The first-order valence-electron chi connectivity index (χ1n) is 4.10. The van der Waals surface area contributed by atoms with Crippen molar-refractivity contribution in [2.45, 2.75) is 0 Å². The molecule has 1 aromatic heterocycles. The third kappa shape index (κ3) is 1.75. The van der Waals surface area contributed by atoms with E-state index in [1.165, 1.54) is 6.20 Å². The highest BCUT2D eigenvalue weighted by molar-refractivity contribution is 9.10. The molecular formula is C10H8BrN3. The van der Waals surface area contributed by atoms with Gasteiger partial charge in [0.05, 0.1) is 18.1 Å². The maximum atomic E-state index is 5.56. The Bertz CT molecular complexity index is 457. The molecule has 2 N–H and O–H groups in total. The van der Waals surface area contributed by atoms with E-state index >= 15 is 0 Å². The normalized spacial score (nSPS) is 10.1. The molecular weight excluding hydrogens is 242 g/mol. The van der Waals surface area contributed by atoms with Crippen LogP contribution < -0.4 is 5.73 Å². The van der Waals surface area contributed by atoms with Crippen molar-refractivity contribution in [1.82, 2.24) is 9.97 Å². The van der Waals surface area contributed by atoms with Gasteiger partial charge in [-0.3, -0.25) is 4.98 Å². The van der Waals surface area contributed by atoms with Gasteiger partial charge in [-0.15, -0.1) is 0 Å². The van der Waals surface area contributed by atoms with E-state index in [0.29, 0.717) is 5.82 Å². The van der Waals surface area contributed by atoms with Crippen LogP contribution >= 0.6 is 15.9 Å². The van der Waals surface area contributed by atoms with Crippen molar-refractivity contribution >= 4 is 21.7 Å². The number of halogens is 1. The van der Waals surface area contributed by atoms with Gasteiger partial charge < -0.3 is 5.73 Å². The molecule has 4 heteroatoms. The Morgan fingerprint density at radius 1 is 1.14 bits per heavy atom. The Morgan fingerprint density at radius 2 is 1.93 bits per heavy atom. The summed E-state index contributed by atoms with van der Waals surface area (Å²) in [5.41, 5.74) is 7.33. The molecule has 0 aliphatic carbocycles. The number of nitrogen functional groups attached to an aromatic ring is 1. The predicted molar refractivity (Wildman–Crippen MR) is 59.6 cm³/mol. The van der Waals surface area contributed by atoms with Gasteiger partial charge >= 0.3 is 0 Å². The molecule has 0 saturated carbocycles. The molecule has 0 amide bonds. The van der Waals surface area contributed by atoms with Gasteiger partial charge in [0.25, 0.3) is 0 Å². The lowest BCUT2D eigenvalue weighted by molar-refractivity contribution is 1.21. The van der Waals surface area contributed by atoms with Crippen molar-refractivity contribution in [3.63, 3.8) is 0 Å². The Morgan fingerprint density at radius 3 is 2.64 bits per heavy atom. The minimum absolute atomic E-state index is 0.429. The molecule has 0 aliphatic heterocycles. The van der Waals surface area contributed by atoms with Crippen LogP contribution in [0.3, 0.4) is 0 Å². The molecule has 0 spiro atoms. The molecule has 0 saturated heterocycles. The second-order valence-corrected chi connectivity index (χ2v) is 3.66. The van der Waals surface area contributed by atoms with Crippen molar-refractivity contribution in [2.75, 3.05) is 5.73 Å². The largest absolute Gasteiger partial charge is 0.382 e. The van der Waals surface area contributed by atoms with Crippen LogP contribution in [0, 0.1) is 0 Å². The maximum absolute atomic E-state index is 5.56. The van der Waals surface area contributed by atoms with E-state index in [1.54, 1.807) is 6.20 Å². The van der Waals surface area contributed by atoms with Gasteiger partial charge in [-0.2, -0.15) is 0 Å². The molecule has 1 heterocycles. The molecule has 0 fully saturated rings. The Balaban J connectivity index is 2.55. The molecule has 0 bridgehead atoms. The van der Waals surface area contributed by atoms with Gasteiger partial charge in [0.1, 0.15) is 5.82 Å². The summed E-state index contributed by atoms with van der Waals surface area (Å²) in [6, 6.07) is 7.83. The quantitative estimate of drug-likeness (QED) is 0.845. The van der Waals surface area contributed by atoms with Crippen LogP contribution in [0.1, 0.15) is 0 Å². The molecule has 2 aromatic rings. The summed E-state index contributed by atoms with van der Waals surface area (Å²) in [5.74, 6) is 0.429. The number of aromatic nitrogens is 2. The Labute approximate surface area is 90.1 Å². The number of nitrogens with two attached hydrogens (primary N) is 1. The van der Waals surface area contributed by atoms with E-state index in [1.807, 2.05) is 24.3 Å². The van der Waals surface area contributed by atoms with E-state index < -0.39 is 0 Å². The van der Waals surface area contributed by atoms with Crippen molar-refractivity contribution in [2.24, 2.45) is 0 Å². The first-order valence-corrected chi connectivity index (χ1v) is 4.89. The smallest absolute Gasteiger partial charge is 0.142 e. The third-order valence-corrected chi connectivity index (χ3v) is 2.49. The minimum atomic E-state index is 0.429. The predicted octanol–water partition coefficient (Wildman–Crippen LogP) is 2.49. The van der Waals surface area contributed by atoms with Gasteiger partial charge in [-0.1, -0.05) is 34.1 Å². The molecule has 70 valence electrons. The summed E-state index contributed by atoms with van der Waals surface area (Å²) in [4.78, 5) is 8.18. The van der Waals surface area contributed by atoms with Crippen LogP contribution in [-0.4, -0.2) is 9.97 Å². The van der Waals surface area contributed by atoms with Crippen molar-refractivity contribution < 1.29 is 0 Å². The monoisotopic (exact) mass is 249 g/mol. The van der Waals surface area contributed by atoms with Gasteiger partial charge in [0, 0.05) is 10.0 Å². The molecule has 3 nitrogen and oxygen atoms in total. The van der Waals surface area contributed by atoms with Crippen LogP contribution in [-0.2, 0) is 0 Å². The number of nitrogens with zero attached hydrogens (tertiary/aromatic N) is 2. The first kappa shape index (κ1) is 9.15. The van der Waals surface area contributed by atoms with Crippen LogP contribution in [0.25, 0.3) is 11.3 Å².